The summed E-state index contributed by atoms with van der Waals surface area (Å²) in [6, 6.07) is 10.5. The number of hydrogen-bond donors (Lipinski definition) is 0. The zero-order valence-corrected chi connectivity index (χ0v) is 9.06. The molecule has 2 heteroatoms. The average molecular weight is 204 g/mol. The summed E-state index contributed by atoms with van der Waals surface area (Å²) in [6.45, 7) is 5.11. The summed E-state index contributed by atoms with van der Waals surface area (Å²) in [4.78, 5) is 2.46. The minimum absolute atomic E-state index is 0.894. The molecule has 1 aromatic rings. The van der Waals surface area contributed by atoms with Crippen LogP contribution in [0.2, 0.25) is 0 Å². The van der Waals surface area contributed by atoms with Gasteiger partial charge in [-0.05, 0) is 24.9 Å². The van der Waals surface area contributed by atoms with Gasteiger partial charge in [0.25, 0.3) is 0 Å². The number of ether oxygens (including phenoxy) is 1. The molecule has 0 amide bonds. The van der Waals surface area contributed by atoms with Gasteiger partial charge >= 0.3 is 0 Å². The van der Waals surface area contributed by atoms with E-state index in [1.54, 1.807) is 0 Å². The Hall–Kier alpha value is -0.860. The summed E-state index contributed by atoms with van der Waals surface area (Å²) in [7, 11) is 0. The summed E-state index contributed by atoms with van der Waals surface area (Å²) in [5.74, 6) is 0. The topological polar surface area (TPSA) is 12.5 Å². The Balaban J connectivity index is 1.66. The molecule has 0 spiro atoms. The minimum atomic E-state index is 0.894. The van der Waals surface area contributed by atoms with Crippen molar-refractivity contribution in [3.05, 3.63) is 42.3 Å². The fourth-order valence-electron chi connectivity index (χ4n) is 1.83. The lowest BCUT2D eigenvalue weighted by Crippen LogP contribution is -2.36. The van der Waals surface area contributed by atoms with Gasteiger partial charge in [-0.2, -0.15) is 0 Å². The van der Waals surface area contributed by atoms with E-state index in [0.717, 1.165) is 39.3 Å². The van der Waals surface area contributed by atoms with E-state index in [0.29, 0.717) is 0 Å². The van der Waals surface area contributed by atoms with E-state index in [2.05, 4.69) is 41.7 Å². The van der Waals surface area contributed by atoms with Gasteiger partial charge in [-0.1, -0.05) is 30.3 Å². The number of benzene rings is 1. The monoisotopic (exact) mass is 204 g/mol. The number of hydrogen-bond acceptors (Lipinski definition) is 2. The Bertz CT molecular complexity index is 267. The Morgan fingerprint density at radius 2 is 1.87 bits per heavy atom. The fraction of sp³-hybridized carbons (Fsp3) is 0.462. The molecule has 81 valence electrons. The molecule has 0 aromatic heterocycles. The van der Waals surface area contributed by atoms with Crippen LogP contribution in [0.3, 0.4) is 0 Å². The van der Waals surface area contributed by atoms with Gasteiger partial charge in [0.05, 0.1) is 13.2 Å². The molecule has 1 saturated heterocycles. The molecule has 2 rings (SSSR count). The first-order valence-electron chi connectivity index (χ1n) is 5.63. The lowest BCUT2D eigenvalue weighted by Gasteiger charge is -2.26. The van der Waals surface area contributed by atoms with Gasteiger partial charge in [-0.3, -0.25) is 4.90 Å². The van der Waals surface area contributed by atoms with Gasteiger partial charge in [0, 0.05) is 13.1 Å². The van der Waals surface area contributed by atoms with E-state index in [1.165, 1.54) is 5.56 Å². The van der Waals surface area contributed by atoms with Crippen LogP contribution in [0, 0.1) is 6.42 Å². The predicted molar refractivity (Wildman–Crippen MR) is 61.7 cm³/mol. The minimum Gasteiger partial charge on any atom is -0.379 e. The molecule has 1 aliphatic rings. The van der Waals surface area contributed by atoms with Crippen molar-refractivity contribution in [1.29, 1.82) is 0 Å². The maximum atomic E-state index is 5.31. The van der Waals surface area contributed by atoms with E-state index in [4.69, 9.17) is 4.74 Å². The van der Waals surface area contributed by atoms with Crippen molar-refractivity contribution in [3.63, 3.8) is 0 Å². The third-order valence-electron chi connectivity index (χ3n) is 2.73. The highest BCUT2D eigenvalue weighted by atomic mass is 16.5. The van der Waals surface area contributed by atoms with Crippen LogP contribution in [0.15, 0.2) is 30.3 Å². The second-order valence-corrected chi connectivity index (χ2v) is 3.86. The molecule has 1 fully saturated rings. The van der Waals surface area contributed by atoms with Crippen LogP contribution in [0.5, 0.6) is 0 Å². The molecule has 0 N–H and O–H groups in total. The lowest BCUT2D eigenvalue weighted by atomic mass is 10.1. The van der Waals surface area contributed by atoms with Crippen molar-refractivity contribution >= 4 is 0 Å². The van der Waals surface area contributed by atoms with E-state index < -0.39 is 0 Å². The van der Waals surface area contributed by atoms with E-state index in [1.807, 2.05) is 0 Å². The summed E-state index contributed by atoms with van der Waals surface area (Å²) >= 11 is 0. The zero-order chi connectivity index (χ0) is 10.3. The molecular weight excluding hydrogens is 186 g/mol. The average Bonchev–Trinajstić information content (AvgIpc) is 2.32. The highest BCUT2D eigenvalue weighted by Crippen LogP contribution is 2.06. The van der Waals surface area contributed by atoms with Crippen LogP contribution >= 0.6 is 0 Å². The van der Waals surface area contributed by atoms with Crippen LogP contribution in [0.4, 0.5) is 0 Å². The van der Waals surface area contributed by atoms with Gasteiger partial charge in [-0.15, -0.1) is 0 Å². The molecule has 0 aliphatic carbocycles. The molecule has 1 heterocycles. The zero-order valence-electron chi connectivity index (χ0n) is 9.06. The first kappa shape index (κ1) is 10.7. The SMILES string of the molecule is [CH](CCN1CCOCC1)c1ccccc1. The Labute approximate surface area is 91.9 Å². The quantitative estimate of drug-likeness (QED) is 0.743. The van der Waals surface area contributed by atoms with Crippen molar-refractivity contribution in [2.24, 2.45) is 0 Å². The van der Waals surface area contributed by atoms with Crippen LogP contribution in [-0.4, -0.2) is 37.7 Å². The maximum absolute atomic E-state index is 5.31. The van der Waals surface area contributed by atoms with Crippen molar-refractivity contribution in [1.82, 2.24) is 4.90 Å². The van der Waals surface area contributed by atoms with Crippen molar-refractivity contribution < 1.29 is 4.74 Å². The van der Waals surface area contributed by atoms with Crippen molar-refractivity contribution in [2.45, 2.75) is 6.42 Å². The molecule has 0 atom stereocenters. The first-order valence-corrected chi connectivity index (χ1v) is 5.63. The van der Waals surface area contributed by atoms with Crippen LogP contribution < -0.4 is 0 Å². The maximum Gasteiger partial charge on any atom is 0.0594 e. The molecule has 0 bridgehead atoms. The largest absolute Gasteiger partial charge is 0.379 e. The normalized spacial score (nSPS) is 17.9. The molecular formula is C13H18NO. The Kier molecular flexibility index (Phi) is 4.18. The molecule has 2 nitrogen and oxygen atoms in total. The molecule has 15 heavy (non-hydrogen) atoms. The lowest BCUT2D eigenvalue weighted by molar-refractivity contribution is 0.0384. The summed E-state index contributed by atoms with van der Waals surface area (Å²) in [6.07, 6.45) is 3.43. The third kappa shape index (κ3) is 3.65. The summed E-state index contributed by atoms with van der Waals surface area (Å²) in [5.41, 5.74) is 1.32. The first-order chi connectivity index (χ1) is 7.45. The summed E-state index contributed by atoms with van der Waals surface area (Å²) < 4.78 is 5.31. The van der Waals surface area contributed by atoms with E-state index >= 15 is 0 Å². The number of morpholine rings is 1. The standard InChI is InChI=1S/C13H18NO/c1-2-5-13(6-3-1)7-4-8-14-9-11-15-12-10-14/h1-3,5-7H,4,8-12H2. The van der Waals surface area contributed by atoms with E-state index in [-0.39, 0.29) is 0 Å². The van der Waals surface area contributed by atoms with Gasteiger partial charge < -0.3 is 4.74 Å². The van der Waals surface area contributed by atoms with Crippen LogP contribution in [0.1, 0.15) is 12.0 Å². The second kappa shape index (κ2) is 5.89. The van der Waals surface area contributed by atoms with Gasteiger partial charge in [-0.25, -0.2) is 0 Å². The molecule has 0 unspecified atom stereocenters. The second-order valence-electron chi connectivity index (χ2n) is 3.86. The highest BCUT2D eigenvalue weighted by Gasteiger charge is 2.09. The van der Waals surface area contributed by atoms with Crippen molar-refractivity contribution in [3.8, 4) is 0 Å². The van der Waals surface area contributed by atoms with E-state index in [9.17, 15) is 0 Å². The van der Waals surface area contributed by atoms with Gasteiger partial charge in [0.2, 0.25) is 0 Å². The highest BCUT2D eigenvalue weighted by molar-refractivity contribution is 5.22. The smallest absolute Gasteiger partial charge is 0.0594 e. The third-order valence-corrected chi connectivity index (χ3v) is 2.73. The molecule has 1 aliphatic heterocycles. The fourth-order valence-corrected chi connectivity index (χ4v) is 1.83. The molecule has 1 aromatic carbocycles. The van der Waals surface area contributed by atoms with Gasteiger partial charge in [0.1, 0.15) is 0 Å². The number of rotatable bonds is 4. The Morgan fingerprint density at radius 3 is 2.60 bits per heavy atom. The number of nitrogens with zero attached hydrogens (tertiary/aromatic N) is 1. The molecule has 0 saturated carbocycles. The molecule has 1 radical (unpaired) electrons. The van der Waals surface area contributed by atoms with Crippen LogP contribution in [-0.2, 0) is 4.74 Å². The predicted octanol–water partition coefficient (Wildman–Crippen LogP) is 1.96. The van der Waals surface area contributed by atoms with Crippen molar-refractivity contribution in [2.75, 3.05) is 32.8 Å². The van der Waals surface area contributed by atoms with Gasteiger partial charge in [0.15, 0.2) is 0 Å². The summed E-state index contributed by atoms with van der Waals surface area (Å²) in [5, 5.41) is 0. The van der Waals surface area contributed by atoms with Crippen LogP contribution in [0.25, 0.3) is 0 Å². The Morgan fingerprint density at radius 1 is 1.13 bits per heavy atom.